The van der Waals surface area contributed by atoms with Crippen LogP contribution in [-0.4, -0.2) is 118 Å². The molecule has 0 radical (unpaired) electrons. The number of carbonyl (C=O) groups excluding carboxylic acids is 3. The number of sulfonamides is 1. The molecule has 13 aromatic rings. The number of nitrogens with zero attached hydrogens (tertiary/aromatic N) is 3. The molecule has 1 aliphatic heterocycles. The number of aromatic nitrogens is 2. The van der Waals surface area contributed by atoms with E-state index in [0.717, 1.165) is 217 Å². The molecule has 144 heavy (non-hydrogen) atoms. The molecule has 12 aromatic carbocycles. The van der Waals surface area contributed by atoms with Crippen molar-refractivity contribution in [1.82, 2.24) is 41.9 Å². The number of rotatable bonds is 48. The SMILES string of the molecule is C=C(N)c1ccc(CC(C)NCCCc2ccc(F)cc2)cc1.CC(=O)Cc1ccc(CC(C)NCCCc2ccc(F)cc2)cc1.CC(=O)c1cccc(CC(C)NCCCc2ccc(F)cc2)c1.CC(Cc1ccc2c(c1)N=CC2)NCCCc1ccc(F)cc1.CC(Cc1ccc2nccnc2c1)NCCCc1ccc(S(N)(=O)=O)cc1.Cc1cc(F)cc(CC(C)NCCCc2ccc(C(N)=O)cc2)c1. The summed E-state index contributed by atoms with van der Waals surface area (Å²) < 4.78 is 87.3. The predicted molar refractivity (Wildman–Crippen MR) is 581 cm³/mol. The summed E-state index contributed by atoms with van der Waals surface area (Å²) in [5, 5.41) is 26.3. The van der Waals surface area contributed by atoms with E-state index in [4.69, 9.17) is 16.6 Å². The van der Waals surface area contributed by atoms with Crippen molar-refractivity contribution < 1.29 is 44.8 Å². The molecule has 762 valence electrons. The number of halogens is 5. The summed E-state index contributed by atoms with van der Waals surface area (Å²) in [4.78, 5) is 46.8. The Kier molecular flexibility index (Phi) is 49.6. The van der Waals surface area contributed by atoms with Crippen molar-refractivity contribution >= 4 is 56.1 Å². The van der Waals surface area contributed by atoms with Crippen molar-refractivity contribution in [2.24, 2.45) is 21.6 Å². The Balaban J connectivity index is 0.000000193. The Hall–Kier alpha value is -12.7. The number of Topliss-reactive ketones (excluding diaryl/α,β-unsaturated/α-hetero) is 2. The van der Waals surface area contributed by atoms with Crippen molar-refractivity contribution in [3.05, 3.63) is 421 Å². The van der Waals surface area contributed by atoms with Crippen molar-refractivity contribution in [3.63, 3.8) is 0 Å². The first-order valence-electron chi connectivity index (χ1n) is 50.4. The number of benzene rings is 12. The molecule has 23 heteroatoms. The summed E-state index contributed by atoms with van der Waals surface area (Å²) in [7, 11) is -3.62. The lowest BCUT2D eigenvalue weighted by Gasteiger charge is -2.14. The predicted octanol–water partition coefficient (Wildman–Crippen LogP) is 22.3. The van der Waals surface area contributed by atoms with Crippen LogP contribution in [0.5, 0.6) is 0 Å². The molecule has 0 bridgehead atoms. The number of carbonyl (C=O) groups is 3. The van der Waals surface area contributed by atoms with Crippen molar-refractivity contribution in [2.75, 3.05) is 39.3 Å². The van der Waals surface area contributed by atoms with Gasteiger partial charge in [0.05, 0.1) is 21.6 Å². The zero-order chi connectivity index (χ0) is 104. The molecule has 6 unspecified atom stereocenters. The van der Waals surface area contributed by atoms with Crippen LogP contribution in [0.15, 0.2) is 302 Å². The first-order valence-corrected chi connectivity index (χ1v) is 51.9. The van der Waals surface area contributed by atoms with Gasteiger partial charge >= 0.3 is 0 Å². The van der Waals surface area contributed by atoms with Gasteiger partial charge in [-0.1, -0.05) is 170 Å². The number of primary amides is 1. The van der Waals surface area contributed by atoms with Gasteiger partial charge in [-0.15, -0.1) is 0 Å². The van der Waals surface area contributed by atoms with Crippen molar-refractivity contribution in [1.29, 1.82) is 0 Å². The van der Waals surface area contributed by atoms with Crippen LogP contribution in [0.1, 0.15) is 204 Å². The van der Waals surface area contributed by atoms with Crippen LogP contribution in [-0.2, 0) is 105 Å². The van der Waals surface area contributed by atoms with E-state index in [-0.39, 0.29) is 45.5 Å². The van der Waals surface area contributed by atoms with Gasteiger partial charge in [-0.25, -0.2) is 35.5 Å². The molecule has 0 saturated heterocycles. The molecule has 6 atom stereocenters. The van der Waals surface area contributed by atoms with E-state index in [1.807, 2.05) is 141 Å². The number of hydrogen-bond acceptors (Lipinski definition) is 15. The number of fused-ring (bicyclic) bond motifs is 2. The van der Waals surface area contributed by atoms with Crippen molar-refractivity contribution in [3.8, 4) is 0 Å². The smallest absolute Gasteiger partial charge is 0.248 e. The molecular weight excluding hydrogens is 1830 g/mol. The Bertz CT molecular complexity index is 6180. The van der Waals surface area contributed by atoms with Crippen LogP contribution in [0.25, 0.3) is 16.7 Å². The summed E-state index contributed by atoms with van der Waals surface area (Å²) in [6.07, 6.45) is 24.3. The molecule has 0 saturated carbocycles. The van der Waals surface area contributed by atoms with E-state index < -0.39 is 15.9 Å². The number of nitrogens with one attached hydrogen (secondary N) is 6. The minimum atomic E-state index is -3.62. The average Bonchev–Trinajstić information content (AvgIpc) is 1.41. The maximum absolute atomic E-state index is 13.4. The topological polar surface area (TPSA) is 274 Å². The van der Waals surface area contributed by atoms with E-state index in [2.05, 4.69) is 156 Å². The van der Waals surface area contributed by atoms with Gasteiger partial charge in [0.2, 0.25) is 15.9 Å². The second-order valence-corrected chi connectivity index (χ2v) is 39.5. The van der Waals surface area contributed by atoms with Gasteiger partial charge in [-0.3, -0.25) is 29.3 Å². The second kappa shape index (κ2) is 62.1. The zero-order valence-electron chi connectivity index (χ0n) is 85.2. The van der Waals surface area contributed by atoms with Gasteiger partial charge in [0, 0.05) is 84.5 Å². The van der Waals surface area contributed by atoms with Crippen LogP contribution < -0.4 is 48.5 Å². The van der Waals surface area contributed by atoms with E-state index in [1.54, 1.807) is 62.6 Å². The summed E-state index contributed by atoms with van der Waals surface area (Å²) >= 11 is 0. The number of ketones is 2. The van der Waals surface area contributed by atoms with E-state index in [0.29, 0.717) is 53.9 Å². The van der Waals surface area contributed by atoms with Crippen LogP contribution in [0, 0.1) is 36.0 Å². The molecule has 14 rings (SSSR count). The quantitative estimate of drug-likeness (QED) is 0.00975. The van der Waals surface area contributed by atoms with Crippen molar-refractivity contribution in [2.45, 2.75) is 232 Å². The molecule has 1 aliphatic rings. The normalized spacial score (nSPS) is 12.6. The van der Waals surface area contributed by atoms with E-state index in [9.17, 15) is 44.8 Å². The second-order valence-electron chi connectivity index (χ2n) is 37.9. The number of hydrogen-bond donors (Lipinski definition) is 9. The summed E-state index contributed by atoms with van der Waals surface area (Å²) in [5.41, 5.74) is 34.4. The van der Waals surface area contributed by atoms with Crippen LogP contribution in [0.4, 0.5) is 27.6 Å². The molecule has 12 N–H and O–H groups in total. The molecule has 1 aromatic heterocycles. The Labute approximate surface area is 851 Å². The first-order chi connectivity index (χ1) is 69.2. The third-order valence-corrected chi connectivity index (χ3v) is 25.6. The Morgan fingerprint density at radius 1 is 0.354 bits per heavy atom. The Morgan fingerprint density at radius 2 is 0.688 bits per heavy atom. The summed E-state index contributed by atoms with van der Waals surface area (Å²) in [6.45, 7) is 27.5. The highest BCUT2D eigenvalue weighted by atomic mass is 32.2. The third kappa shape index (κ3) is 45.5. The largest absolute Gasteiger partial charge is 0.399 e. The number of primary sulfonamides is 1. The molecule has 2 heterocycles. The maximum Gasteiger partial charge on any atom is 0.248 e. The van der Waals surface area contributed by atoms with Crippen LogP contribution in [0.2, 0.25) is 0 Å². The van der Waals surface area contributed by atoms with Gasteiger partial charge in [-0.05, 0) is 415 Å². The molecular formula is C121H147F5N12O5S. The highest BCUT2D eigenvalue weighted by Gasteiger charge is 2.16. The lowest BCUT2D eigenvalue weighted by molar-refractivity contribution is -0.116. The van der Waals surface area contributed by atoms with Gasteiger partial charge in [0.1, 0.15) is 34.9 Å². The fourth-order valence-electron chi connectivity index (χ4n) is 16.9. The Morgan fingerprint density at radius 3 is 1.07 bits per heavy atom. The molecule has 0 fully saturated rings. The number of amides is 1. The minimum absolute atomic E-state index is 0.103. The first kappa shape index (κ1) is 115. The highest BCUT2D eigenvalue weighted by Crippen LogP contribution is 2.27. The lowest BCUT2D eigenvalue weighted by atomic mass is 10.0. The standard InChI is InChI=1S/C21H26FNO.C20H25FN2O.C20H23FN2.C20H25FN2.C20H24FNO.C20H24N4O2S/c1-16(14-19-5-7-20(8-6-19)15-17(2)24)23-13-3-4-18-9-11-21(22)12-10-18;1-14-10-17(13-19(21)11-14)12-15(2)23-9-3-4-16-5-7-18(8-6-16)20(22)24;1-15(13-17-4-7-18-10-12-23-20(18)14-17)22-11-2-3-16-5-8-19(21)9-6-16;1-15(14-18-5-9-19(10-6-18)16(2)22)23-13-3-4-17-7-11-20(21)12-8-17;1-15(13-18-5-3-7-19(14-18)16(2)23)22-12-4-6-17-8-10-20(21)11-9-17;1-15(13-17-6-9-19-20(14-17)24-12-11-23-19)22-10-2-3-16-4-7-18(8-5-16)27(21,25)26/h5-12,16,23H,3-4,13-15H2,1-2H3;5-8,10-11,13,15,23H,3-4,9,12H2,1-2H3,(H2,22,24);4-9,12,14-15,22H,2-3,10-11,13H2,1H3;5-12,15,23H,2-4,13-14,22H2,1H3;3,5,7-11,14-15,22H,4,6,12-13H2,1-2H3;4-9,11-12,14-15,22H,2-3,10,13H2,1H3,(H2,21,25,26). The minimum Gasteiger partial charge on any atom is -0.399 e. The van der Waals surface area contributed by atoms with E-state index >= 15 is 0 Å². The lowest BCUT2D eigenvalue weighted by Crippen LogP contribution is -2.29. The maximum atomic E-state index is 13.4. The summed E-state index contributed by atoms with van der Waals surface area (Å²) in [5.74, 6) is -0.982. The van der Waals surface area contributed by atoms with E-state index in [1.165, 1.54) is 104 Å². The van der Waals surface area contributed by atoms with Gasteiger partial charge in [-0.2, -0.15) is 0 Å². The highest BCUT2D eigenvalue weighted by molar-refractivity contribution is 7.89. The number of aryl methyl sites for hydroxylation is 7. The summed E-state index contributed by atoms with van der Waals surface area (Å²) in [6, 6.07) is 85.7. The van der Waals surface area contributed by atoms with Crippen LogP contribution >= 0.6 is 0 Å². The van der Waals surface area contributed by atoms with Gasteiger partial charge in [0.25, 0.3) is 0 Å². The fourth-order valence-corrected chi connectivity index (χ4v) is 17.4. The molecule has 0 aliphatic carbocycles. The van der Waals surface area contributed by atoms with Crippen LogP contribution in [0.3, 0.4) is 0 Å². The van der Waals surface area contributed by atoms with Gasteiger partial charge < -0.3 is 43.4 Å². The number of nitrogens with two attached hydrogens (primary N) is 3. The molecule has 0 spiro atoms. The molecule has 17 nitrogen and oxygen atoms in total. The fraction of sp³-hybridized carbons (Fsp3) is 0.339. The van der Waals surface area contributed by atoms with Gasteiger partial charge in [0.15, 0.2) is 5.78 Å². The average molecular weight is 1980 g/mol. The monoisotopic (exact) mass is 1980 g/mol. The molecule has 1 amide bonds. The number of aliphatic imine (C=N–C) groups is 1. The zero-order valence-corrected chi connectivity index (χ0v) is 86.0. The third-order valence-electron chi connectivity index (χ3n) is 24.7.